The van der Waals surface area contributed by atoms with Gasteiger partial charge in [0.25, 0.3) is 0 Å². The summed E-state index contributed by atoms with van der Waals surface area (Å²) in [5.41, 5.74) is 11.4. The number of anilines is 6. The Balaban J connectivity index is 1.26. The molecule has 0 aliphatic carbocycles. The highest BCUT2D eigenvalue weighted by Crippen LogP contribution is 2.44. The van der Waals surface area contributed by atoms with Crippen molar-refractivity contribution in [1.29, 1.82) is 0 Å². The highest BCUT2D eigenvalue weighted by molar-refractivity contribution is 5.98. The van der Waals surface area contributed by atoms with Crippen molar-refractivity contribution >= 4 is 44.9 Å². The third-order valence-electron chi connectivity index (χ3n) is 8.80. The molecule has 0 saturated carbocycles. The minimum Gasteiger partial charge on any atom is -0.310 e. The Morgan fingerprint density at radius 3 is 1.27 bits per heavy atom. The van der Waals surface area contributed by atoms with Gasteiger partial charge in [0.05, 0.1) is 5.69 Å². The Kier molecular flexibility index (Phi) is 7.96. The van der Waals surface area contributed by atoms with Crippen molar-refractivity contribution < 1.29 is 0 Å². The maximum atomic E-state index is 2.36. The van der Waals surface area contributed by atoms with Crippen molar-refractivity contribution in [3.8, 4) is 22.3 Å². The quantitative estimate of drug-likeness (QED) is 0.168. The molecule has 0 unspecified atom stereocenters. The van der Waals surface area contributed by atoms with Crippen molar-refractivity contribution in [2.75, 3.05) is 9.80 Å². The topological polar surface area (TPSA) is 6.48 Å². The Morgan fingerprint density at radius 2 is 0.688 bits per heavy atom. The molecular formula is C46H34N2. The van der Waals surface area contributed by atoms with Crippen LogP contribution in [-0.4, -0.2) is 0 Å². The molecule has 0 aromatic heterocycles. The van der Waals surface area contributed by atoms with Crippen LogP contribution in [0.3, 0.4) is 0 Å². The third kappa shape index (κ3) is 5.84. The molecule has 0 aliphatic heterocycles. The van der Waals surface area contributed by atoms with E-state index in [1.807, 2.05) is 0 Å². The minimum absolute atomic E-state index is 1.10. The lowest BCUT2D eigenvalue weighted by atomic mass is 9.97. The Labute approximate surface area is 282 Å². The lowest BCUT2D eigenvalue weighted by molar-refractivity contribution is 1.28. The van der Waals surface area contributed by atoms with Gasteiger partial charge in [-0.15, -0.1) is 0 Å². The van der Waals surface area contributed by atoms with Gasteiger partial charge < -0.3 is 9.80 Å². The lowest BCUT2D eigenvalue weighted by Crippen LogP contribution is -2.11. The van der Waals surface area contributed by atoms with E-state index < -0.39 is 0 Å². The predicted octanol–water partition coefficient (Wildman–Crippen LogP) is 13.1. The Bertz CT molecular complexity index is 2220. The first-order chi connectivity index (χ1) is 23.8. The van der Waals surface area contributed by atoms with Gasteiger partial charge in [0.2, 0.25) is 0 Å². The lowest BCUT2D eigenvalue weighted by Gasteiger charge is -2.29. The molecule has 0 heterocycles. The van der Waals surface area contributed by atoms with Crippen LogP contribution in [-0.2, 0) is 0 Å². The summed E-state index contributed by atoms with van der Waals surface area (Å²) < 4.78 is 0. The summed E-state index contributed by atoms with van der Waals surface area (Å²) in [4.78, 5) is 4.69. The van der Waals surface area contributed by atoms with E-state index in [0.717, 1.165) is 39.7 Å². The Morgan fingerprint density at radius 1 is 0.250 bits per heavy atom. The van der Waals surface area contributed by atoms with Gasteiger partial charge in [-0.3, -0.25) is 0 Å². The number of fused-ring (bicyclic) bond motifs is 1. The average molecular weight is 615 g/mol. The monoisotopic (exact) mass is 614 g/mol. The highest BCUT2D eigenvalue weighted by atomic mass is 15.1. The summed E-state index contributed by atoms with van der Waals surface area (Å²) >= 11 is 0. The van der Waals surface area contributed by atoms with Gasteiger partial charge in [0, 0.05) is 34.0 Å². The molecule has 0 aliphatic rings. The van der Waals surface area contributed by atoms with Crippen LogP contribution in [0.1, 0.15) is 0 Å². The molecule has 0 saturated heterocycles. The second-order valence-corrected chi connectivity index (χ2v) is 11.9. The van der Waals surface area contributed by atoms with Gasteiger partial charge in [-0.05, 0) is 100 Å². The van der Waals surface area contributed by atoms with Crippen molar-refractivity contribution in [1.82, 2.24) is 0 Å². The van der Waals surface area contributed by atoms with E-state index in [1.54, 1.807) is 0 Å². The van der Waals surface area contributed by atoms with Crippen LogP contribution >= 0.6 is 0 Å². The highest BCUT2D eigenvalue weighted by Gasteiger charge is 2.19. The van der Waals surface area contributed by atoms with Gasteiger partial charge in [-0.2, -0.15) is 0 Å². The van der Waals surface area contributed by atoms with E-state index >= 15 is 0 Å². The van der Waals surface area contributed by atoms with Crippen molar-refractivity contribution in [3.63, 3.8) is 0 Å². The standard InChI is InChI=1S/C46H34N2/c1-5-16-35(17-6-1)37-20-15-27-44(32-37)47(40-21-7-2-8-22-40)43-30-28-36(29-31-43)45-33-38-18-13-14-19-39(38)34-46(45)48(41-23-9-3-10-24-41)42-25-11-4-12-26-42/h1-34H. The van der Waals surface area contributed by atoms with Gasteiger partial charge in [0.1, 0.15) is 0 Å². The molecule has 0 atom stereocenters. The van der Waals surface area contributed by atoms with E-state index in [1.165, 1.54) is 27.5 Å². The molecule has 2 nitrogen and oxygen atoms in total. The molecule has 2 heteroatoms. The first kappa shape index (κ1) is 29.1. The van der Waals surface area contributed by atoms with Gasteiger partial charge in [-0.25, -0.2) is 0 Å². The number of rotatable bonds is 8. The van der Waals surface area contributed by atoms with Crippen LogP contribution in [0.15, 0.2) is 206 Å². The van der Waals surface area contributed by atoms with E-state index in [4.69, 9.17) is 0 Å². The van der Waals surface area contributed by atoms with Crippen LogP contribution in [0.25, 0.3) is 33.0 Å². The van der Waals surface area contributed by atoms with Crippen LogP contribution in [0.4, 0.5) is 34.1 Å². The summed E-state index contributed by atoms with van der Waals surface area (Å²) in [5.74, 6) is 0. The summed E-state index contributed by atoms with van der Waals surface area (Å²) in [6.07, 6.45) is 0. The second kappa shape index (κ2) is 13.2. The number of nitrogens with zero attached hydrogens (tertiary/aromatic N) is 2. The number of para-hydroxylation sites is 3. The van der Waals surface area contributed by atoms with E-state index in [2.05, 4.69) is 216 Å². The van der Waals surface area contributed by atoms with Crippen molar-refractivity contribution in [2.24, 2.45) is 0 Å². The SMILES string of the molecule is c1ccc(-c2cccc(N(c3ccccc3)c3ccc(-c4cc5ccccc5cc4N(c4ccccc4)c4ccccc4)cc3)c2)cc1. The fraction of sp³-hybridized carbons (Fsp3) is 0. The zero-order valence-electron chi connectivity index (χ0n) is 26.5. The fourth-order valence-corrected chi connectivity index (χ4v) is 6.50. The molecule has 8 rings (SSSR count). The predicted molar refractivity (Wildman–Crippen MR) is 204 cm³/mol. The Hall–Kier alpha value is -6.38. The summed E-state index contributed by atoms with van der Waals surface area (Å²) in [6.45, 7) is 0. The van der Waals surface area contributed by atoms with E-state index in [0.29, 0.717) is 0 Å². The van der Waals surface area contributed by atoms with Crippen LogP contribution in [0.2, 0.25) is 0 Å². The minimum atomic E-state index is 1.10. The fourth-order valence-electron chi connectivity index (χ4n) is 6.50. The molecule has 228 valence electrons. The van der Waals surface area contributed by atoms with Gasteiger partial charge in [0.15, 0.2) is 0 Å². The van der Waals surface area contributed by atoms with Crippen LogP contribution in [0, 0.1) is 0 Å². The number of benzene rings is 8. The molecule has 48 heavy (non-hydrogen) atoms. The average Bonchev–Trinajstić information content (AvgIpc) is 3.17. The maximum Gasteiger partial charge on any atom is 0.0546 e. The molecule has 0 bridgehead atoms. The molecule has 0 spiro atoms. The van der Waals surface area contributed by atoms with E-state index in [9.17, 15) is 0 Å². The van der Waals surface area contributed by atoms with Crippen LogP contribution < -0.4 is 9.80 Å². The summed E-state index contributed by atoms with van der Waals surface area (Å²) in [6, 6.07) is 73.5. The number of hydrogen-bond acceptors (Lipinski definition) is 2. The zero-order valence-corrected chi connectivity index (χ0v) is 26.5. The number of hydrogen-bond donors (Lipinski definition) is 0. The summed E-state index contributed by atoms with van der Waals surface area (Å²) in [5, 5.41) is 2.42. The molecule has 0 fully saturated rings. The first-order valence-electron chi connectivity index (χ1n) is 16.4. The normalized spacial score (nSPS) is 10.9. The summed E-state index contributed by atoms with van der Waals surface area (Å²) in [7, 11) is 0. The zero-order chi connectivity index (χ0) is 32.1. The maximum absolute atomic E-state index is 2.36. The largest absolute Gasteiger partial charge is 0.310 e. The smallest absolute Gasteiger partial charge is 0.0546 e. The first-order valence-corrected chi connectivity index (χ1v) is 16.4. The van der Waals surface area contributed by atoms with E-state index in [-0.39, 0.29) is 0 Å². The van der Waals surface area contributed by atoms with Gasteiger partial charge in [-0.1, -0.05) is 133 Å². The molecular weight excluding hydrogens is 581 g/mol. The van der Waals surface area contributed by atoms with Crippen molar-refractivity contribution in [2.45, 2.75) is 0 Å². The molecule has 0 radical (unpaired) electrons. The second-order valence-electron chi connectivity index (χ2n) is 11.9. The molecule has 0 N–H and O–H groups in total. The molecule has 0 amide bonds. The van der Waals surface area contributed by atoms with Gasteiger partial charge >= 0.3 is 0 Å². The van der Waals surface area contributed by atoms with Crippen molar-refractivity contribution in [3.05, 3.63) is 206 Å². The third-order valence-corrected chi connectivity index (χ3v) is 8.80. The van der Waals surface area contributed by atoms with Crippen LogP contribution in [0.5, 0.6) is 0 Å². The molecule has 8 aromatic rings. The molecule has 8 aromatic carbocycles.